The molecular formula is C26H22N4O4. The number of hydrogen-bond acceptors (Lipinski definition) is 6. The molecule has 34 heavy (non-hydrogen) atoms. The zero-order valence-electron chi connectivity index (χ0n) is 18.3. The predicted octanol–water partition coefficient (Wildman–Crippen LogP) is 3.90. The molecule has 6 rings (SSSR count). The zero-order valence-corrected chi connectivity index (χ0v) is 18.3. The Balaban J connectivity index is 1.62. The first kappa shape index (κ1) is 20.7. The second kappa shape index (κ2) is 7.56. The van der Waals surface area contributed by atoms with Crippen LogP contribution in [0.1, 0.15) is 40.2 Å². The van der Waals surface area contributed by atoms with Crippen LogP contribution in [-0.4, -0.2) is 39.1 Å². The number of aromatic nitrogens is 1. The number of carbonyl (C=O) groups is 2. The third kappa shape index (κ3) is 2.72. The second-order valence-electron chi connectivity index (χ2n) is 9.12. The van der Waals surface area contributed by atoms with Gasteiger partial charge in [-0.1, -0.05) is 30.3 Å². The molecular weight excluding hydrogens is 432 g/mol. The number of carbonyl (C=O) groups excluding carboxylic acids is 2. The van der Waals surface area contributed by atoms with E-state index in [0.29, 0.717) is 23.4 Å². The maximum atomic E-state index is 14.2. The Morgan fingerprint density at radius 2 is 1.91 bits per heavy atom. The highest BCUT2D eigenvalue weighted by Crippen LogP contribution is 2.61. The monoisotopic (exact) mass is 454 g/mol. The lowest BCUT2D eigenvalue weighted by molar-refractivity contribution is -0.384. The fourth-order valence-electron chi connectivity index (χ4n) is 6.43. The number of ketones is 1. The molecule has 2 aromatic carbocycles. The predicted molar refractivity (Wildman–Crippen MR) is 124 cm³/mol. The van der Waals surface area contributed by atoms with E-state index in [4.69, 9.17) is 0 Å². The Bertz CT molecular complexity index is 1330. The number of fused-ring (bicyclic) bond motifs is 4. The summed E-state index contributed by atoms with van der Waals surface area (Å²) < 4.78 is 0. The van der Waals surface area contributed by atoms with E-state index in [-0.39, 0.29) is 29.3 Å². The first-order chi connectivity index (χ1) is 16.5. The molecule has 0 bridgehead atoms. The molecule has 3 aromatic rings. The number of nitrogens with zero attached hydrogens (tertiary/aromatic N) is 3. The first-order valence-electron chi connectivity index (χ1n) is 11.4. The molecule has 4 heterocycles. The number of para-hydroxylation sites is 1. The normalized spacial score (nSPS) is 27.4. The molecule has 1 aromatic heterocycles. The molecule has 0 unspecified atom stereocenters. The van der Waals surface area contributed by atoms with Crippen LogP contribution in [0.25, 0.3) is 0 Å². The van der Waals surface area contributed by atoms with Gasteiger partial charge in [-0.05, 0) is 43.1 Å². The number of rotatable bonds is 4. The Hall–Kier alpha value is -3.91. The minimum atomic E-state index is -1.17. The van der Waals surface area contributed by atoms with E-state index < -0.39 is 16.4 Å². The summed E-state index contributed by atoms with van der Waals surface area (Å²) in [5, 5.41) is 14.6. The summed E-state index contributed by atoms with van der Waals surface area (Å²) in [6, 6.07) is 17.3. The van der Waals surface area contributed by atoms with Crippen LogP contribution in [0.3, 0.4) is 0 Å². The van der Waals surface area contributed by atoms with Crippen LogP contribution in [-0.2, 0) is 10.3 Å². The zero-order chi connectivity index (χ0) is 23.4. The van der Waals surface area contributed by atoms with E-state index in [1.807, 2.05) is 30.3 Å². The third-order valence-electron chi connectivity index (χ3n) is 7.62. The quantitative estimate of drug-likeness (QED) is 0.364. The van der Waals surface area contributed by atoms with E-state index in [9.17, 15) is 19.7 Å². The van der Waals surface area contributed by atoms with Gasteiger partial charge in [0.2, 0.25) is 5.91 Å². The number of anilines is 1. The van der Waals surface area contributed by atoms with E-state index >= 15 is 0 Å². The third-order valence-corrected chi connectivity index (χ3v) is 7.62. The summed E-state index contributed by atoms with van der Waals surface area (Å²) in [7, 11) is 0. The highest BCUT2D eigenvalue weighted by atomic mass is 16.6. The van der Waals surface area contributed by atoms with Crippen LogP contribution in [0.15, 0.2) is 73.1 Å². The fourth-order valence-corrected chi connectivity index (χ4v) is 6.43. The molecule has 2 fully saturated rings. The van der Waals surface area contributed by atoms with E-state index in [1.165, 1.54) is 6.07 Å². The van der Waals surface area contributed by atoms with Gasteiger partial charge in [-0.2, -0.15) is 0 Å². The average Bonchev–Trinajstić information content (AvgIpc) is 3.52. The molecule has 3 aliphatic heterocycles. The van der Waals surface area contributed by atoms with Gasteiger partial charge in [0.1, 0.15) is 5.54 Å². The van der Waals surface area contributed by atoms with Crippen molar-refractivity contribution in [2.75, 3.05) is 11.9 Å². The number of non-ortho nitro benzene ring substituents is 1. The maximum Gasteiger partial charge on any atom is 0.269 e. The van der Waals surface area contributed by atoms with Gasteiger partial charge in [-0.15, -0.1) is 0 Å². The standard InChI is InChI=1S/C26H22N4O4/c31-24(16-10-12-27-13-11-16)23-22(17-5-3-6-18(15-17)30(33)34)21-9-4-14-29(21)26(23)19-7-1-2-8-20(19)28-25(26)32/h1-3,5-8,10-13,15,21-23H,4,9,14H2,(H,28,32)/t21-,22-,23-,26+/m0/s1. The van der Waals surface area contributed by atoms with Gasteiger partial charge >= 0.3 is 0 Å². The molecule has 4 atom stereocenters. The van der Waals surface area contributed by atoms with Crippen molar-refractivity contribution in [1.29, 1.82) is 0 Å². The van der Waals surface area contributed by atoms with Crippen LogP contribution in [0.4, 0.5) is 11.4 Å². The van der Waals surface area contributed by atoms with Crippen molar-refractivity contribution < 1.29 is 14.5 Å². The molecule has 1 amide bonds. The van der Waals surface area contributed by atoms with Crippen LogP contribution < -0.4 is 5.32 Å². The average molecular weight is 454 g/mol. The molecule has 170 valence electrons. The Morgan fingerprint density at radius 1 is 1.12 bits per heavy atom. The van der Waals surface area contributed by atoms with Crippen molar-refractivity contribution in [3.63, 3.8) is 0 Å². The maximum absolute atomic E-state index is 14.2. The molecule has 0 radical (unpaired) electrons. The summed E-state index contributed by atoms with van der Waals surface area (Å²) in [4.78, 5) is 45.5. The molecule has 1 N–H and O–H groups in total. The highest BCUT2D eigenvalue weighted by molar-refractivity contribution is 6.12. The van der Waals surface area contributed by atoms with Crippen molar-refractivity contribution in [1.82, 2.24) is 9.88 Å². The number of hydrogen-bond donors (Lipinski definition) is 1. The lowest BCUT2D eigenvalue weighted by Crippen LogP contribution is -2.52. The molecule has 0 aliphatic carbocycles. The summed E-state index contributed by atoms with van der Waals surface area (Å²) in [5.74, 6) is -1.48. The van der Waals surface area contributed by atoms with E-state index in [2.05, 4.69) is 15.2 Å². The number of nitro benzene ring substituents is 1. The number of benzene rings is 2. The smallest absolute Gasteiger partial charge is 0.269 e. The van der Waals surface area contributed by atoms with Gasteiger partial charge in [0.25, 0.3) is 5.69 Å². The van der Waals surface area contributed by atoms with Crippen molar-refractivity contribution in [3.05, 3.63) is 99.9 Å². The Labute approximate surface area is 195 Å². The number of nitro groups is 1. The Kier molecular flexibility index (Phi) is 4.60. The van der Waals surface area contributed by atoms with Crippen molar-refractivity contribution >= 4 is 23.1 Å². The lowest BCUT2D eigenvalue weighted by atomic mass is 9.69. The first-order valence-corrected chi connectivity index (χ1v) is 11.4. The Morgan fingerprint density at radius 3 is 2.71 bits per heavy atom. The van der Waals surface area contributed by atoms with Crippen molar-refractivity contribution in [3.8, 4) is 0 Å². The van der Waals surface area contributed by atoms with Gasteiger partial charge in [0.05, 0.1) is 10.8 Å². The van der Waals surface area contributed by atoms with Crippen LogP contribution in [0.2, 0.25) is 0 Å². The topological polar surface area (TPSA) is 105 Å². The van der Waals surface area contributed by atoms with Gasteiger partial charge < -0.3 is 5.32 Å². The highest BCUT2D eigenvalue weighted by Gasteiger charge is 2.69. The number of pyridine rings is 1. The molecule has 3 aliphatic rings. The summed E-state index contributed by atoms with van der Waals surface area (Å²) in [5.41, 5.74) is 1.51. The van der Waals surface area contributed by atoms with Gasteiger partial charge in [-0.3, -0.25) is 29.6 Å². The summed E-state index contributed by atoms with van der Waals surface area (Å²) in [6.45, 7) is 0.679. The number of nitrogens with one attached hydrogen (secondary N) is 1. The number of Topliss-reactive ketones (excluding diaryl/α,β-unsaturated/α-hetero) is 1. The van der Waals surface area contributed by atoms with Crippen molar-refractivity contribution in [2.45, 2.75) is 30.3 Å². The van der Waals surface area contributed by atoms with Crippen LogP contribution in [0, 0.1) is 16.0 Å². The van der Waals surface area contributed by atoms with Gasteiger partial charge in [-0.25, -0.2) is 0 Å². The van der Waals surface area contributed by atoms with Crippen LogP contribution in [0.5, 0.6) is 0 Å². The van der Waals surface area contributed by atoms with E-state index in [1.54, 1.807) is 36.7 Å². The largest absolute Gasteiger partial charge is 0.324 e. The molecule has 8 heteroatoms. The second-order valence-corrected chi connectivity index (χ2v) is 9.12. The van der Waals surface area contributed by atoms with Crippen LogP contribution >= 0.6 is 0 Å². The van der Waals surface area contributed by atoms with Gasteiger partial charge in [0.15, 0.2) is 5.78 Å². The minimum absolute atomic E-state index is 0.0191. The number of amides is 1. The van der Waals surface area contributed by atoms with Gasteiger partial charge in [0, 0.05) is 53.3 Å². The lowest BCUT2D eigenvalue weighted by Gasteiger charge is -2.36. The van der Waals surface area contributed by atoms with E-state index in [0.717, 1.165) is 18.4 Å². The summed E-state index contributed by atoms with van der Waals surface area (Å²) >= 11 is 0. The molecule has 1 spiro atoms. The van der Waals surface area contributed by atoms with Crippen molar-refractivity contribution in [2.24, 2.45) is 5.92 Å². The summed E-state index contributed by atoms with van der Waals surface area (Å²) in [6.07, 6.45) is 4.84. The fraction of sp³-hybridized carbons (Fsp3) is 0.269. The minimum Gasteiger partial charge on any atom is -0.324 e. The molecule has 0 saturated carbocycles. The molecule has 8 nitrogen and oxygen atoms in total. The molecule has 2 saturated heterocycles. The SMILES string of the molecule is O=C(c1ccncc1)[C@@H]1[C@@H](c2cccc([N+](=O)[O-])c2)[C@@H]2CCCN2[C@@]12C(=O)Nc1ccccc12.